The summed E-state index contributed by atoms with van der Waals surface area (Å²) in [6, 6.07) is 6.56. The van der Waals surface area contributed by atoms with E-state index in [2.05, 4.69) is 63.6 Å². The maximum Gasteiger partial charge on any atom is 0.164 e. The van der Waals surface area contributed by atoms with E-state index in [0.717, 1.165) is 15.9 Å². The number of aryl methyl sites for hydroxylation is 1. The third-order valence-electron chi connectivity index (χ3n) is 2.56. The van der Waals surface area contributed by atoms with Crippen LogP contribution in [0.3, 0.4) is 0 Å². The van der Waals surface area contributed by atoms with Gasteiger partial charge < -0.3 is 4.57 Å². The maximum atomic E-state index is 4.20. The molecule has 1 aromatic carbocycles. The Morgan fingerprint density at radius 1 is 1.31 bits per heavy atom. The Morgan fingerprint density at radius 3 is 2.69 bits per heavy atom. The molecule has 0 spiro atoms. The highest BCUT2D eigenvalue weighted by molar-refractivity contribution is 9.10. The van der Waals surface area contributed by atoms with Crippen LogP contribution in [-0.2, 0) is 0 Å². The van der Waals surface area contributed by atoms with Crippen molar-refractivity contribution < 1.29 is 0 Å². The Kier molecular flexibility index (Phi) is 3.10. The zero-order valence-corrected chi connectivity index (χ0v) is 11.2. The molecule has 84 valence electrons. The van der Waals surface area contributed by atoms with Gasteiger partial charge in [0.1, 0.15) is 6.33 Å². The van der Waals surface area contributed by atoms with Gasteiger partial charge in [0.25, 0.3) is 0 Å². The van der Waals surface area contributed by atoms with Gasteiger partial charge in [-0.1, -0.05) is 15.9 Å². The number of rotatable bonds is 2. The molecule has 2 rings (SSSR count). The summed E-state index contributed by atoms with van der Waals surface area (Å²) in [6.07, 6.45) is 1.78. The average molecular weight is 280 g/mol. The topological polar surface area (TPSA) is 30.7 Å². The quantitative estimate of drug-likeness (QED) is 0.841. The third-order valence-corrected chi connectivity index (χ3v) is 3.05. The summed E-state index contributed by atoms with van der Waals surface area (Å²) < 4.78 is 3.17. The summed E-state index contributed by atoms with van der Waals surface area (Å²) in [6.45, 7) is 6.33. The monoisotopic (exact) mass is 279 g/mol. The Labute approximate surface area is 104 Å². The lowest BCUT2D eigenvalue weighted by atomic mass is 10.1. The van der Waals surface area contributed by atoms with Gasteiger partial charge in [0, 0.05) is 16.1 Å². The van der Waals surface area contributed by atoms with Gasteiger partial charge in [-0.2, -0.15) is 0 Å². The zero-order chi connectivity index (χ0) is 11.7. The van der Waals surface area contributed by atoms with Crippen LogP contribution < -0.4 is 0 Å². The van der Waals surface area contributed by atoms with Gasteiger partial charge in [0.05, 0.1) is 0 Å². The summed E-state index contributed by atoms with van der Waals surface area (Å²) in [4.78, 5) is 0. The minimum atomic E-state index is 0.369. The molecule has 0 aliphatic heterocycles. The molecule has 0 aliphatic carbocycles. The third kappa shape index (κ3) is 2.02. The second kappa shape index (κ2) is 4.37. The van der Waals surface area contributed by atoms with E-state index in [1.807, 2.05) is 6.07 Å². The molecule has 0 N–H and O–H groups in total. The number of aromatic nitrogens is 3. The smallest absolute Gasteiger partial charge is 0.164 e. The lowest BCUT2D eigenvalue weighted by Gasteiger charge is -2.11. The van der Waals surface area contributed by atoms with Gasteiger partial charge in [-0.25, -0.2) is 0 Å². The van der Waals surface area contributed by atoms with Gasteiger partial charge in [-0.15, -0.1) is 10.2 Å². The van der Waals surface area contributed by atoms with Crippen molar-refractivity contribution in [1.29, 1.82) is 0 Å². The molecule has 0 fully saturated rings. The average Bonchev–Trinajstić information content (AvgIpc) is 2.66. The van der Waals surface area contributed by atoms with Crippen molar-refractivity contribution in [3.8, 4) is 11.4 Å². The van der Waals surface area contributed by atoms with E-state index in [0.29, 0.717) is 6.04 Å². The van der Waals surface area contributed by atoms with Gasteiger partial charge >= 0.3 is 0 Å². The van der Waals surface area contributed by atoms with Crippen LogP contribution in [0.1, 0.15) is 25.5 Å². The van der Waals surface area contributed by atoms with E-state index in [1.165, 1.54) is 5.56 Å². The van der Waals surface area contributed by atoms with Crippen LogP contribution in [0.15, 0.2) is 29.0 Å². The molecule has 0 unspecified atom stereocenters. The van der Waals surface area contributed by atoms with Crippen LogP contribution in [0.25, 0.3) is 11.4 Å². The molecule has 0 bridgehead atoms. The first-order chi connectivity index (χ1) is 7.59. The van der Waals surface area contributed by atoms with Crippen molar-refractivity contribution in [2.24, 2.45) is 0 Å². The Morgan fingerprint density at radius 2 is 2.06 bits per heavy atom. The second-order valence-corrected chi connectivity index (χ2v) is 5.03. The Hall–Kier alpha value is -1.16. The fraction of sp³-hybridized carbons (Fsp3) is 0.333. The molecular weight excluding hydrogens is 266 g/mol. The summed E-state index contributed by atoms with van der Waals surface area (Å²) in [5.74, 6) is 0.931. The molecule has 0 saturated carbocycles. The standard InChI is InChI=1S/C12H14BrN3/c1-8(2)16-7-14-15-12(16)11-5-4-10(13)6-9(11)3/h4-8H,1-3H3. The largest absolute Gasteiger partial charge is 0.311 e. The first-order valence-electron chi connectivity index (χ1n) is 5.25. The minimum absolute atomic E-state index is 0.369. The molecule has 0 atom stereocenters. The number of nitrogens with zero attached hydrogens (tertiary/aromatic N) is 3. The number of benzene rings is 1. The maximum absolute atomic E-state index is 4.20. The molecule has 2 aromatic rings. The second-order valence-electron chi connectivity index (χ2n) is 4.11. The van der Waals surface area contributed by atoms with Gasteiger partial charge in [-0.05, 0) is 44.5 Å². The van der Waals surface area contributed by atoms with Crippen molar-refractivity contribution in [3.05, 3.63) is 34.6 Å². The lowest BCUT2D eigenvalue weighted by molar-refractivity contribution is 0.604. The predicted molar refractivity (Wildman–Crippen MR) is 68.3 cm³/mol. The molecule has 3 nitrogen and oxygen atoms in total. The Balaban J connectivity index is 2.54. The summed E-state index contributed by atoms with van der Waals surface area (Å²) in [5, 5.41) is 8.18. The van der Waals surface area contributed by atoms with Crippen LogP contribution in [0, 0.1) is 6.92 Å². The molecule has 1 aromatic heterocycles. The highest BCUT2D eigenvalue weighted by atomic mass is 79.9. The van der Waals surface area contributed by atoms with Crippen LogP contribution in [0.2, 0.25) is 0 Å². The van der Waals surface area contributed by atoms with E-state index < -0.39 is 0 Å². The number of hydrogen-bond donors (Lipinski definition) is 0. The molecule has 4 heteroatoms. The van der Waals surface area contributed by atoms with Crippen molar-refractivity contribution >= 4 is 15.9 Å². The lowest BCUT2D eigenvalue weighted by Crippen LogP contribution is -2.02. The van der Waals surface area contributed by atoms with Crippen LogP contribution >= 0.6 is 15.9 Å². The van der Waals surface area contributed by atoms with Crippen molar-refractivity contribution in [2.45, 2.75) is 26.8 Å². The normalized spacial score (nSPS) is 11.1. The van der Waals surface area contributed by atoms with Crippen LogP contribution in [0.4, 0.5) is 0 Å². The van der Waals surface area contributed by atoms with Crippen LogP contribution in [0.5, 0.6) is 0 Å². The van der Waals surface area contributed by atoms with Crippen molar-refractivity contribution in [2.75, 3.05) is 0 Å². The summed E-state index contributed by atoms with van der Waals surface area (Å²) in [5.41, 5.74) is 2.33. The molecule has 0 radical (unpaired) electrons. The predicted octanol–water partition coefficient (Wildman–Crippen LogP) is 3.60. The minimum Gasteiger partial charge on any atom is -0.311 e. The molecule has 0 saturated heterocycles. The van der Waals surface area contributed by atoms with Gasteiger partial charge in [-0.3, -0.25) is 0 Å². The molecule has 1 heterocycles. The fourth-order valence-electron chi connectivity index (χ4n) is 1.69. The van der Waals surface area contributed by atoms with Crippen molar-refractivity contribution in [1.82, 2.24) is 14.8 Å². The number of hydrogen-bond acceptors (Lipinski definition) is 2. The van der Waals surface area contributed by atoms with E-state index in [1.54, 1.807) is 6.33 Å². The zero-order valence-electron chi connectivity index (χ0n) is 9.61. The van der Waals surface area contributed by atoms with E-state index in [9.17, 15) is 0 Å². The SMILES string of the molecule is Cc1cc(Br)ccc1-c1nncn1C(C)C. The fourth-order valence-corrected chi connectivity index (χ4v) is 2.17. The molecule has 0 aliphatic rings. The first-order valence-corrected chi connectivity index (χ1v) is 6.05. The summed E-state index contributed by atoms with van der Waals surface area (Å²) >= 11 is 3.46. The van der Waals surface area contributed by atoms with Gasteiger partial charge in [0.2, 0.25) is 0 Å². The van der Waals surface area contributed by atoms with E-state index in [-0.39, 0.29) is 0 Å². The van der Waals surface area contributed by atoms with Crippen molar-refractivity contribution in [3.63, 3.8) is 0 Å². The number of halogens is 1. The van der Waals surface area contributed by atoms with E-state index in [4.69, 9.17) is 0 Å². The summed E-state index contributed by atoms with van der Waals surface area (Å²) in [7, 11) is 0. The van der Waals surface area contributed by atoms with Gasteiger partial charge in [0.15, 0.2) is 5.82 Å². The molecule has 16 heavy (non-hydrogen) atoms. The highest BCUT2D eigenvalue weighted by Crippen LogP contribution is 2.26. The molecule has 0 amide bonds. The first kappa shape index (κ1) is 11.3. The van der Waals surface area contributed by atoms with E-state index >= 15 is 0 Å². The molecular formula is C12H14BrN3. The Bertz CT molecular complexity index is 503. The highest BCUT2D eigenvalue weighted by Gasteiger charge is 2.11. The van der Waals surface area contributed by atoms with Crippen LogP contribution in [-0.4, -0.2) is 14.8 Å².